The number of rotatable bonds is 2. The van der Waals surface area contributed by atoms with Crippen molar-refractivity contribution in [3.05, 3.63) is 46.3 Å². The van der Waals surface area contributed by atoms with E-state index in [4.69, 9.17) is 4.42 Å². The quantitative estimate of drug-likeness (QED) is 0.788. The minimum Gasteiger partial charge on any atom is -0.451 e. The molecule has 0 saturated carbocycles. The van der Waals surface area contributed by atoms with Crippen molar-refractivity contribution in [1.82, 2.24) is 9.21 Å². The fraction of sp³-hybridized carbons (Fsp3) is 0.444. The summed E-state index contributed by atoms with van der Waals surface area (Å²) in [5.74, 6) is -0.246. The summed E-state index contributed by atoms with van der Waals surface area (Å²) in [4.78, 5) is 27.0. The van der Waals surface area contributed by atoms with Crippen molar-refractivity contribution in [1.29, 1.82) is 0 Å². The number of para-hydroxylation sites is 1. The first-order valence-corrected chi connectivity index (χ1v) is 10.5. The smallest absolute Gasteiger partial charge is 0.290 e. The lowest BCUT2D eigenvalue weighted by Gasteiger charge is -2.35. The van der Waals surface area contributed by atoms with Gasteiger partial charge in [-0.25, -0.2) is 8.42 Å². The first-order valence-electron chi connectivity index (χ1n) is 8.62. The first kappa shape index (κ1) is 17.2. The Labute approximate surface area is 151 Å². The van der Waals surface area contributed by atoms with E-state index in [9.17, 15) is 18.0 Å². The Bertz CT molecular complexity index is 1030. The van der Waals surface area contributed by atoms with Crippen molar-refractivity contribution in [2.45, 2.75) is 18.9 Å². The molecule has 0 N–H and O–H groups in total. The van der Waals surface area contributed by atoms with Crippen LogP contribution in [0.25, 0.3) is 11.0 Å². The third kappa shape index (κ3) is 3.03. The number of piperidine rings is 1. The molecule has 26 heavy (non-hydrogen) atoms. The highest BCUT2D eigenvalue weighted by Crippen LogP contribution is 2.30. The highest BCUT2D eigenvalue weighted by molar-refractivity contribution is 7.88. The maximum Gasteiger partial charge on any atom is 0.290 e. The molecule has 138 valence electrons. The van der Waals surface area contributed by atoms with E-state index < -0.39 is 10.0 Å². The van der Waals surface area contributed by atoms with E-state index in [1.165, 1.54) is 16.6 Å². The zero-order valence-electron chi connectivity index (χ0n) is 14.4. The van der Waals surface area contributed by atoms with Crippen molar-refractivity contribution in [3.63, 3.8) is 0 Å². The number of fused-ring (bicyclic) bond motifs is 5. The molecule has 1 aromatic carbocycles. The van der Waals surface area contributed by atoms with Gasteiger partial charge in [-0.05, 0) is 30.9 Å². The molecule has 2 aromatic rings. The number of hydrogen-bond donors (Lipinski definition) is 0. The Morgan fingerprint density at radius 1 is 1.15 bits per heavy atom. The summed E-state index contributed by atoms with van der Waals surface area (Å²) in [5, 5.41) is 0.435. The molecule has 5 rings (SSSR count). The number of carbonyl (C=O) groups excluding carboxylic acids is 1. The van der Waals surface area contributed by atoms with Crippen LogP contribution in [-0.2, 0) is 10.0 Å². The van der Waals surface area contributed by atoms with Gasteiger partial charge >= 0.3 is 0 Å². The van der Waals surface area contributed by atoms with Crippen molar-refractivity contribution in [3.8, 4) is 0 Å². The van der Waals surface area contributed by atoms with Gasteiger partial charge in [0.25, 0.3) is 5.91 Å². The van der Waals surface area contributed by atoms with Crippen LogP contribution in [0.4, 0.5) is 0 Å². The molecule has 7 nitrogen and oxygen atoms in total. The Kier molecular flexibility index (Phi) is 4.11. The number of sulfonamides is 1. The van der Waals surface area contributed by atoms with E-state index >= 15 is 0 Å². The van der Waals surface area contributed by atoms with Crippen LogP contribution in [0.5, 0.6) is 0 Å². The van der Waals surface area contributed by atoms with E-state index in [2.05, 4.69) is 0 Å². The van der Waals surface area contributed by atoms with Gasteiger partial charge in [0, 0.05) is 31.7 Å². The molecule has 3 aliphatic heterocycles. The summed E-state index contributed by atoms with van der Waals surface area (Å²) in [6, 6.07) is 7.84. The molecule has 2 atom stereocenters. The van der Waals surface area contributed by atoms with Gasteiger partial charge in [0.15, 0.2) is 11.2 Å². The number of hydrogen-bond acceptors (Lipinski definition) is 5. The third-order valence-electron chi connectivity index (χ3n) is 5.26. The summed E-state index contributed by atoms with van der Waals surface area (Å²) in [5.41, 5.74) is 0.119. The molecule has 0 unspecified atom stereocenters. The molecular weight excluding hydrogens is 356 g/mol. The zero-order valence-corrected chi connectivity index (χ0v) is 15.2. The predicted molar refractivity (Wildman–Crippen MR) is 96.4 cm³/mol. The second-order valence-electron chi connectivity index (χ2n) is 7.11. The molecule has 3 fully saturated rings. The van der Waals surface area contributed by atoms with Gasteiger partial charge in [0.2, 0.25) is 10.0 Å². The molecule has 4 heterocycles. The van der Waals surface area contributed by atoms with Gasteiger partial charge in [0.05, 0.1) is 11.6 Å². The van der Waals surface area contributed by atoms with Crippen molar-refractivity contribution in [2.24, 2.45) is 5.92 Å². The SMILES string of the molecule is CS(=O)(=O)N1C[C@H]2CC[C@@H](C1)N(C(=O)c1cc(=O)c3ccccc3o1)C2. The second kappa shape index (κ2) is 6.21. The number of amides is 1. The Balaban J connectivity index is 1.68. The van der Waals surface area contributed by atoms with Crippen LogP contribution in [-0.4, -0.2) is 55.5 Å². The van der Waals surface area contributed by atoms with Crippen LogP contribution >= 0.6 is 0 Å². The fourth-order valence-corrected chi connectivity index (χ4v) is 4.83. The van der Waals surface area contributed by atoms with E-state index in [0.29, 0.717) is 30.6 Å². The van der Waals surface area contributed by atoms with E-state index in [1.807, 2.05) is 0 Å². The van der Waals surface area contributed by atoms with E-state index in [-0.39, 0.29) is 29.1 Å². The molecule has 0 radical (unpaired) electrons. The van der Waals surface area contributed by atoms with Crippen molar-refractivity contribution in [2.75, 3.05) is 25.9 Å². The summed E-state index contributed by atoms with van der Waals surface area (Å²) in [6.07, 6.45) is 2.84. The zero-order chi connectivity index (χ0) is 18.5. The summed E-state index contributed by atoms with van der Waals surface area (Å²) >= 11 is 0. The Hall–Kier alpha value is -2.19. The molecule has 1 amide bonds. The molecule has 1 aromatic heterocycles. The van der Waals surface area contributed by atoms with Gasteiger partial charge in [-0.3, -0.25) is 9.59 Å². The fourth-order valence-electron chi connectivity index (χ4n) is 3.91. The van der Waals surface area contributed by atoms with Crippen molar-refractivity contribution >= 4 is 26.9 Å². The average molecular weight is 376 g/mol. The van der Waals surface area contributed by atoms with Crippen molar-refractivity contribution < 1.29 is 17.6 Å². The van der Waals surface area contributed by atoms with Gasteiger partial charge in [-0.2, -0.15) is 4.31 Å². The lowest BCUT2D eigenvalue weighted by Crippen LogP contribution is -2.47. The van der Waals surface area contributed by atoms with Crippen LogP contribution in [0.3, 0.4) is 0 Å². The largest absolute Gasteiger partial charge is 0.451 e. The average Bonchev–Trinajstić information content (AvgIpc) is 2.93. The molecule has 3 saturated heterocycles. The normalized spacial score (nSPS) is 24.0. The van der Waals surface area contributed by atoms with Crippen LogP contribution < -0.4 is 5.43 Å². The minimum absolute atomic E-state index is 0.00663. The summed E-state index contributed by atoms with van der Waals surface area (Å²) in [7, 11) is -3.30. The molecular formula is C18H20N2O5S. The molecule has 0 aliphatic carbocycles. The van der Waals surface area contributed by atoms with Gasteiger partial charge in [-0.15, -0.1) is 0 Å². The number of benzene rings is 1. The van der Waals surface area contributed by atoms with Gasteiger partial charge < -0.3 is 9.32 Å². The molecule has 0 spiro atoms. The van der Waals surface area contributed by atoms with Crippen LogP contribution in [0.1, 0.15) is 23.4 Å². The summed E-state index contributed by atoms with van der Waals surface area (Å²) < 4.78 is 31.1. The van der Waals surface area contributed by atoms with Crippen LogP contribution in [0.2, 0.25) is 0 Å². The van der Waals surface area contributed by atoms with Crippen LogP contribution in [0.15, 0.2) is 39.5 Å². The number of carbonyl (C=O) groups is 1. The highest BCUT2D eigenvalue weighted by atomic mass is 32.2. The van der Waals surface area contributed by atoms with E-state index in [1.54, 1.807) is 29.2 Å². The predicted octanol–water partition coefficient (Wildman–Crippen LogP) is 1.29. The topological polar surface area (TPSA) is 87.9 Å². The number of nitrogens with zero attached hydrogens (tertiary/aromatic N) is 2. The Morgan fingerprint density at radius 2 is 1.92 bits per heavy atom. The third-order valence-corrected chi connectivity index (χ3v) is 6.49. The minimum atomic E-state index is -3.30. The molecule has 3 aliphatic rings. The maximum absolute atomic E-state index is 13.0. The van der Waals surface area contributed by atoms with Gasteiger partial charge in [-0.1, -0.05) is 12.1 Å². The van der Waals surface area contributed by atoms with Gasteiger partial charge in [0.1, 0.15) is 5.58 Å². The van der Waals surface area contributed by atoms with Crippen LogP contribution in [0, 0.1) is 5.92 Å². The standard InChI is InChI=1S/C18H20N2O5S/c1-26(23,24)19-9-12-6-7-13(11-19)20(10-12)18(22)17-8-15(21)14-4-2-3-5-16(14)25-17/h2-5,8,12-13H,6-7,9-11H2,1H3/t12-,13+/m1/s1. The highest BCUT2D eigenvalue weighted by Gasteiger charge is 2.40. The lowest BCUT2D eigenvalue weighted by molar-refractivity contribution is 0.0557. The molecule has 8 heteroatoms. The maximum atomic E-state index is 13.0. The Morgan fingerprint density at radius 3 is 2.69 bits per heavy atom. The second-order valence-corrected chi connectivity index (χ2v) is 9.09. The lowest BCUT2D eigenvalue weighted by atomic mass is 9.95. The van der Waals surface area contributed by atoms with E-state index in [0.717, 1.165) is 12.8 Å². The molecule has 2 bridgehead atoms. The summed E-state index contributed by atoms with van der Waals surface area (Å²) in [6.45, 7) is 1.20. The monoisotopic (exact) mass is 376 g/mol. The first-order chi connectivity index (χ1) is 12.3.